The van der Waals surface area contributed by atoms with Gasteiger partial charge in [-0.2, -0.15) is 0 Å². The summed E-state index contributed by atoms with van der Waals surface area (Å²) in [6, 6.07) is 15.6. The van der Waals surface area contributed by atoms with Crippen molar-refractivity contribution in [1.82, 2.24) is 10.2 Å². The zero-order valence-electron chi connectivity index (χ0n) is 22.5. The molecule has 40 heavy (non-hydrogen) atoms. The highest BCUT2D eigenvalue weighted by Gasteiger charge is 2.33. The maximum Gasteiger partial charge on any atom is 0.244 e. The monoisotopic (exact) mass is 575 g/mol. The van der Waals surface area contributed by atoms with Gasteiger partial charge in [0.05, 0.1) is 11.9 Å². The van der Waals surface area contributed by atoms with Gasteiger partial charge in [-0.25, -0.2) is 21.6 Å². The molecule has 0 aliphatic carbocycles. The summed E-state index contributed by atoms with van der Waals surface area (Å²) >= 11 is 0. The Kier molecular flexibility index (Phi) is 10.3. The Morgan fingerprint density at radius 3 is 2.12 bits per heavy atom. The van der Waals surface area contributed by atoms with Crippen molar-refractivity contribution in [2.75, 3.05) is 17.1 Å². The van der Waals surface area contributed by atoms with Gasteiger partial charge in [0, 0.05) is 25.1 Å². The van der Waals surface area contributed by atoms with Crippen LogP contribution in [0.3, 0.4) is 0 Å². The molecule has 0 saturated heterocycles. The van der Waals surface area contributed by atoms with E-state index in [9.17, 15) is 31.2 Å². The minimum Gasteiger partial charge on any atom is -0.352 e. The molecular formula is C29H32F3N3O4S. The Hall–Kier alpha value is -3.86. The van der Waals surface area contributed by atoms with Crippen LogP contribution in [-0.2, 0) is 32.6 Å². The lowest BCUT2D eigenvalue weighted by Gasteiger charge is -2.34. The van der Waals surface area contributed by atoms with Crippen molar-refractivity contribution in [3.05, 3.63) is 101 Å². The van der Waals surface area contributed by atoms with Gasteiger partial charge in [-0.3, -0.25) is 13.9 Å². The summed E-state index contributed by atoms with van der Waals surface area (Å²) in [6.45, 7) is 2.79. The molecule has 0 aromatic heterocycles. The van der Waals surface area contributed by atoms with Crippen LogP contribution in [0, 0.1) is 17.5 Å². The quantitative estimate of drug-likeness (QED) is 0.346. The van der Waals surface area contributed by atoms with Crippen LogP contribution < -0.4 is 9.62 Å². The number of hydrogen-bond donors (Lipinski definition) is 1. The van der Waals surface area contributed by atoms with Gasteiger partial charge in [0.25, 0.3) is 0 Å². The maximum absolute atomic E-state index is 14.0. The standard InChI is InChI=1S/C29H32F3N3O4S/c1-4-20(2)33-29(37)27(16-21-8-6-5-7-9-21)34(18-22-10-12-23(30)13-11-22)28(36)19-35(40(3,38)39)24-14-15-25(31)26(32)17-24/h5-15,17,20,27H,4,16,18-19H2,1-3H3,(H,33,37)/t20-,27+/m1/s1. The van der Waals surface area contributed by atoms with Crippen LogP contribution in [0.1, 0.15) is 31.4 Å². The van der Waals surface area contributed by atoms with Crippen molar-refractivity contribution < 1.29 is 31.2 Å². The van der Waals surface area contributed by atoms with E-state index >= 15 is 0 Å². The maximum atomic E-state index is 14.0. The van der Waals surface area contributed by atoms with Crippen LogP contribution in [0.25, 0.3) is 0 Å². The van der Waals surface area contributed by atoms with Gasteiger partial charge in [0.1, 0.15) is 18.4 Å². The number of rotatable bonds is 12. The SMILES string of the molecule is CC[C@@H](C)NC(=O)[C@H](Cc1ccccc1)N(Cc1ccc(F)cc1)C(=O)CN(c1ccc(F)c(F)c1)S(C)(=O)=O. The summed E-state index contributed by atoms with van der Waals surface area (Å²) in [5, 5.41) is 2.89. The average Bonchev–Trinajstić information content (AvgIpc) is 2.91. The van der Waals surface area contributed by atoms with E-state index in [1.165, 1.54) is 29.2 Å². The van der Waals surface area contributed by atoms with Crippen molar-refractivity contribution in [3.8, 4) is 0 Å². The highest BCUT2D eigenvalue weighted by molar-refractivity contribution is 7.92. The molecule has 7 nitrogen and oxygen atoms in total. The van der Waals surface area contributed by atoms with E-state index in [4.69, 9.17) is 0 Å². The molecule has 3 aromatic carbocycles. The molecule has 0 aliphatic heterocycles. The van der Waals surface area contributed by atoms with Gasteiger partial charge in [-0.15, -0.1) is 0 Å². The zero-order chi connectivity index (χ0) is 29.4. The van der Waals surface area contributed by atoms with Crippen molar-refractivity contribution in [2.45, 2.75) is 45.3 Å². The Morgan fingerprint density at radius 1 is 0.900 bits per heavy atom. The van der Waals surface area contributed by atoms with Crippen LogP contribution in [0.15, 0.2) is 72.8 Å². The van der Waals surface area contributed by atoms with Crippen LogP contribution >= 0.6 is 0 Å². The predicted molar refractivity (Wildman–Crippen MR) is 147 cm³/mol. The summed E-state index contributed by atoms with van der Waals surface area (Å²) in [5.74, 6) is -4.16. The third kappa shape index (κ3) is 8.32. The molecule has 0 aliphatic rings. The molecule has 3 aromatic rings. The number of carbonyl (C=O) groups is 2. The largest absolute Gasteiger partial charge is 0.352 e. The van der Waals surface area contributed by atoms with Gasteiger partial charge >= 0.3 is 0 Å². The minimum absolute atomic E-state index is 0.111. The van der Waals surface area contributed by atoms with Gasteiger partial charge in [-0.05, 0) is 48.7 Å². The molecule has 1 N–H and O–H groups in total. The Bertz CT molecular complexity index is 1420. The molecular weight excluding hydrogens is 543 g/mol. The molecule has 0 unspecified atom stereocenters. The topological polar surface area (TPSA) is 86.8 Å². The first-order chi connectivity index (χ1) is 18.9. The molecule has 0 spiro atoms. The van der Waals surface area contributed by atoms with Crippen LogP contribution in [0.2, 0.25) is 0 Å². The number of anilines is 1. The number of carbonyl (C=O) groups excluding carboxylic acids is 2. The summed E-state index contributed by atoms with van der Waals surface area (Å²) in [5.41, 5.74) is 1.01. The molecule has 0 bridgehead atoms. The number of nitrogens with one attached hydrogen (secondary N) is 1. The lowest BCUT2D eigenvalue weighted by atomic mass is 10.0. The summed E-state index contributed by atoms with van der Waals surface area (Å²) in [4.78, 5) is 28.7. The highest BCUT2D eigenvalue weighted by Crippen LogP contribution is 2.22. The molecule has 0 heterocycles. The number of nitrogens with zero attached hydrogens (tertiary/aromatic N) is 2. The molecule has 3 rings (SSSR count). The van der Waals surface area contributed by atoms with E-state index in [1.807, 2.05) is 19.9 Å². The predicted octanol–water partition coefficient (Wildman–Crippen LogP) is 4.42. The molecule has 214 valence electrons. The van der Waals surface area contributed by atoms with E-state index in [0.717, 1.165) is 24.0 Å². The number of amides is 2. The van der Waals surface area contributed by atoms with E-state index in [1.54, 1.807) is 24.3 Å². The first-order valence-electron chi connectivity index (χ1n) is 12.7. The van der Waals surface area contributed by atoms with Gasteiger partial charge in [0.2, 0.25) is 21.8 Å². The first kappa shape index (κ1) is 30.7. The second kappa shape index (κ2) is 13.5. The van der Waals surface area contributed by atoms with Crippen molar-refractivity contribution in [3.63, 3.8) is 0 Å². The van der Waals surface area contributed by atoms with Crippen LogP contribution in [0.4, 0.5) is 18.9 Å². The Morgan fingerprint density at radius 2 is 1.55 bits per heavy atom. The second-order valence-corrected chi connectivity index (χ2v) is 11.4. The Balaban J connectivity index is 2.06. The molecule has 2 atom stereocenters. The number of halogens is 3. The summed E-state index contributed by atoms with van der Waals surface area (Å²) in [6.07, 6.45) is 1.58. The number of benzene rings is 3. The van der Waals surface area contributed by atoms with E-state index < -0.39 is 51.9 Å². The van der Waals surface area contributed by atoms with Gasteiger partial charge in [0.15, 0.2) is 11.6 Å². The Labute approximate surface area is 232 Å². The van der Waals surface area contributed by atoms with Crippen molar-refractivity contribution in [2.24, 2.45) is 0 Å². The fourth-order valence-corrected chi connectivity index (χ4v) is 4.88. The number of hydrogen-bond acceptors (Lipinski definition) is 4. The summed E-state index contributed by atoms with van der Waals surface area (Å²) in [7, 11) is -4.14. The van der Waals surface area contributed by atoms with Crippen molar-refractivity contribution >= 4 is 27.5 Å². The third-order valence-corrected chi connectivity index (χ3v) is 7.55. The minimum atomic E-state index is -4.14. The van der Waals surface area contributed by atoms with E-state index in [-0.39, 0.29) is 24.7 Å². The number of sulfonamides is 1. The fraction of sp³-hybridized carbons (Fsp3) is 0.310. The third-order valence-electron chi connectivity index (χ3n) is 6.41. The second-order valence-electron chi connectivity index (χ2n) is 9.54. The van der Waals surface area contributed by atoms with E-state index in [0.29, 0.717) is 22.4 Å². The van der Waals surface area contributed by atoms with Crippen LogP contribution in [0.5, 0.6) is 0 Å². The molecule has 11 heteroatoms. The highest BCUT2D eigenvalue weighted by atomic mass is 32.2. The van der Waals surface area contributed by atoms with Crippen LogP contribution in [-0.4, -0.2) is 50.0 Å². The fourth-order valence-electron chi connectivity index (χ4n) is 4.04. The van der Waals surface area contributed by atoms with Gasteiger partial charge in [-0.1, -0.05) is 49.4 Å². The smallest absolute Gasteiger partial charge is 0.244 e. The lowest BCUT2D eigenvalue weighted by molar-refractivity contribution is -0.140. The first-order valence-corrected chi connectivity index (χ1v) is 14.5. The molecule has 0 radical (unpaired) electrons. The molecule has 0 saturated carbocycles. The van der Waals surface area contributed by atoms with E-state index in [2.05, 4.69) is 5.32 Å². The van der Waals surface area contributed by atoms with Crippen molar-refractivity contribution in [1.29, 1.82) is 0 Å². The lowest BCUT2D eigenvalue weighted by Crippen LogP contribution is -2.54. The normalized spacial score (nSPS) is 12.8. The van der Waals surface area contributed by atoms with Gasteiger partial charge < -0.3 is 10.2 Å². The zero-order valence-corrected chi connectivity index (χ0v) is 23.3. The summed E-state index contributed by atoms with van der Waals surface area (Å²) < 4.78 is 67.2. The molecule has 2 amide bonds. The molecule has 0 fully saturated rings. The average molecular weight is 576 g/mol.